The predicted octanol–water partition coefficient (Wildman–Crippen LogP) is 4.50. The Labute approximate surface area is 124 Å². The van der Waals surface area contributed by atoms with Gasteiger partial charge in [0, 0.05) is 17.4 Å². The van der Waals surface area contributed by atoms with Gasteiger partial charge in [0.25, 0.3) is 0 Å². The molecule has 0 unspecified atom stereocenters. The summed E-state index contributed by atoms with van der Waals surface area (Å²) in [5.74, 6) is 0.610. The number of para-hydroxylation sites is 1. The topological polar surface area (TPSA) is 37.8 Å². The molecule has 21 heavy (non-hydrogen) atoms. The second kappa shape index (κ2) is 5.75. The summed E-state index contributed by atoms with van der Waals surface area (Å²) in [4.78, 5) is 8.89. The van der Waals surface area contributed by atoms with Crippen LogP contribution in [0.15, 0.2) is 60.8 Å². The van der Waals surface area contributed by atoms with E-state index in [1.807, 2.05) is 36.4 Å². The highest BCUT2D eigenvalue weighted by atomic mass is 15.1. The van der Waals surface area contributed by atoms with Gasteiger partial charge in [-0.15, -0.1) is 0 Å². The van der Waals surface area contributed by atoms with E-state index < -0.39 is 0 Å². The van der Waals surface area contributed by atoms with Gasteiger partial charge in [0.05, 0.1) is 5.69 Å². The average molecular weight is 275 g/mol. The zero-order chi connectivity index (χ0) is 14.7. The van der Waals surface area contributed by atoms with Crippen LogP contribution in [-0.4, -0.2) is 9.97 Å². The molecule has 0 atom stereocenters. The molecule has 0 bridgehead atoms. The SMILES string of the molecule is Cc1ccc(-c2ccnc(Nc3ccccc3)n2)c(C)c1. The number of anilines is 2. The van der Waals surface area contributed by atoms with Gasteiger partial charge in [0.1, 0.15) is 0 Å². The molecule has 1 N–H and O–H groups in total. The molecule has 3 heteroatoms. The van der Waals surface area contributed by atoms with Gasteiger partial charge in [-0.25, -0.2) is 9.97 Å². The molecule has 0 saturated carbocycles. The van der Waals surface area contributed by atoms with Crippen LogP contribution in [0.3, 0.4) is 0 Å². The zero-order valence-corrected chi connectivity index (χ0v) is 12.2. The number of nitrogens with zero attached hydrogens (tertiary/aromatic N) is 2. The summed E-state index contributed by atoms with van der Waals surface area (Å²) in [6, 6.07) is 18.3. The van der Waals surface area contributed by atoms with Gasteiger partial charge < -0.3 is 5.32 Å². The van der Waals surface area contributed by atoms with Crippen molar-refractivity contribution < 1.29 is 0 Å². The molecule has 1 heterocycles. The minimum absolute atomic E-state index is 0.610. The van der Waals surface area contributed by atoms with Crippen LogP contribution in [-0.2, 0) is 0 Å². The number of benzene rings is 2. The van der Waals surface area contributed by atoms with E-state index in [1.54, 1.807) is 6.20 Å². The smallest absolute Gasteiger partial charge is 0.227 e. The number of hydrogen-bond donors (Lipinski definition) is 1. The lowest BCUT2D eigenvalue weighted by Gasteiger charge is -2.09. The second-order valence-corrected chi connectivity index (χ2v) is 5.07. The van der Waals surface area contributed by atoms with Crippen LogP contribution in [0, 0.1) is 13.8 Å². The van der Waals surface area contributed by atoms with E-state index in [4.69, 9.17) is 0 Å². The van der Waals surface area contributed by atoms with Crippen molar-refractivity contribution >= 4 is 11.6 Å². The summed E-state index contributed by atoms with van der Waals surface area (Å²) in [5, 5.41) is 3.22. The first kappa shape index (κ1) is 13.3. The molecule has 0 radical (unpaired) electrons. The van der Waals surface area contributed by atoms with Gasteiger partial charge >= 0.3 is 0 Å². The van der Waals surface area contributed by atoms with Crippen LogP contribution >= 0.6 is 0 Å². The Bertz CT molecular complexity index is 751. The summed E-state index contributed by atoms with van der Waals surface area (Å²) < 4.78 is 0. The van der Waals surface area contributed by atoms with Gasteiger partial charge in [-0.3, -0.25) is 0 Å². The fraction of sp³-hybridized carbons (Fsp3) is 0.111. The summed E-state index contributed by atoms with van der Waals surface area (Å²) in [5.41, 5.74) is 5.53. The van der Waals surface area contributed by atoms with Crippen molar-refractivity contribution in [3.63, 3.8) is 0 Å². The maximum Gasteiger partial charge on any atom is 0.227 e. The molecular weight excluding hydrogens is 258 g/mol. The Morgan fingerprint density at radius 1 is 0.905 bits per heavy atom. The number of nitrogens with one attached hydrogen (secondary N) is 1. The van der Waals surface area contributed by atoms with Crippen molar-refractivity contribution in [1.29, 1.82) is 0 Å². The third kappa shape index (κ3) is 3.08. The molecule has 3 nitrogen and oxygen atoms in total. The van der Waals surface area contributed by atoms with Crippen LogP contribution in [0.25, 0.3) is 11.3 Å². The summed E-state index contributed by atoms with van der Waals surface area (Å²) in [7, 11) is 0. The van der Waals surface area contributed by atoms with Crippen LogP contribution in [0.5, 0.6) is 0 Å². The Balaban J connectivity index is 1.93. The Kier molecular flexibility index (Phi) is 3.65. The lowest BCUT2D eigenvalue weighted by Crippen LogP contribution is -1.98. The number of hydrogen-bond acceptors (Lipinski definition) is 3. The standard InChI is InChI=1S/C18H17N3/c1-13-8-9-16(14(2)12-13)17-10-11-19-18(21-17)20-15-6-4-3-5-7-15/h3-12H,1-2H3,(H,19,20,21). The van der Waals surface area contributed by atoms with Crippen molar-refractivity contribution in [2.24, 2.45) is 0 Å². The number of rotatable bonds is 3. The monoisotopic (exact) mass is 275 g/mol. The Morgan fingerprint density at radius 3 is 2.48 bits per heavy atom. The minimum atomic E-state index is 0.610. The lowest BCUT2D eigenvalue weighted by atomic mass is 10.0. The van der Waals surface area contributed by atoms with Gasteiger partial charge in [0.15, 0.2) is 0 Å². The van der Waals surface area contributed by atoms with Gasteiger partial charge in [-0.05, 0) is 37.6 Å². The van der Waals surface area contributed by atoms with Crippen LogP contribution in [0.1, 0.15) is 11.1 Å². The van der Waals surface area contributed by atoms with E-state index in [2.05, 4.69) is 47.3 Å². The van der Waals surface area contributed by atoms with Gasteiger partial charge in [0.2, 0.25) is 5.95 Å². The van der Waals surface area contributed by atoms with Crippen LogP contribution in [0.4, 0.5) is 11.6 Å². The number of aryl methyl sites for hydroxylation is 2. The van der Waals surface area contributed by atoms with Crippen molar-refractivity contribution in [2.45, 2.75) is 13.8 Å². The molecule has 3 rings (SSSR count). The fourth-order valence-corrected chi connectivity index (χ4v) is 2.32. The van der Waals surface area contributed by atoms with Crippen molar-refractivity contribution in [1.82, 2.24) is 9.97 Å². The fourth-order valence-electron chi connectivity index (χ4n) is 2.32. The van der Waals surface area contributed by atoms with E-state index in [1.165, 1.54) is 11.1 Å². The van der Waals surface area contributed by atoms with E-state index in [-0.39, 0.29) is 0 Å². The first-order chi connectivity index (χ1) is 10.2. The molecule has 0 aliphatic heterocycles. The molecule has 0 aliphatic carbocycles. The summed E-state index contributed by atoms with van der Waals surface area (Å²) >= 11 is 0. The first-order valence-electron chi connectivity index (χ1n) is 6.95. The van der Waals surface area contributed by atoms with Crippen LogP contribution < -0.4 is 5.32 Å². The highest BCUT2D eigenvalue weighted by molar-refractivity contribution is 5.65. The summed E-state index contributed by atoms with van der Waals surface area (Å²) in [6.07, 6.45) is 1.78. The number of aromatic nitrogens is 2. The molecule has 0 saturated heterocycles. The molecule has 2 aromatic carbocycles. The third-order valence-electron chi connectivity index (χ3n) is 3.34. The summed E-state index contributed by atoms with van der Waals surface area (Å²) in [6.45, 7) is 4.20. The van der Waals surface area contributed by atoms with E-state index >= 15 is 0 Å². The maximum absolute atomic E-state index is 4.61. The van der Waals surface area contributed by atoms with Crippen molar-refractivity contribution in [2.75, 3.05) is 5.32 Å². The average Bonchev–Trinajstić information content (AvgIpc) is 2.48. The highest BCUT2D eigenvalue weighted by Gasteiger charge is 2.05. The second-order valence-electron chi connectivity index (χ2n) is 5.07. The third-order valence-corrected chi connectivity index (χ3v) is 3.34. The van der Waals surface area contributed by atoms with Gasteiger partial charge in [-0.1, -0.05) is 42.0 Å². The van der Waals surface area contributed by atoms with Crippen molar-refractivity contribution in [3.05, 3.63) is 71.9 Å². The van der Waals surface area contributed by atoms with Crippen molar-refractivity contribution in [3.8, 4) is 11.3 Å². The maximum atomic E-state index is 4.61. The predicted molar refractivity (Wildman–Crippen MR) is 86.7 cm³/mol. The lowest BCUT2D eigenvalue weighted by molar-refractivity contribution is 1.16. The van der Waals surface area contributed by atoms with E-state index in [0.717, 1.165) is 16.9 Å². The molecule has 104 valence electrons. The molecule has 0 amide bonds. The quantitative estimate of drug-likeness (QED) is 0.764. The van der Waals surface area contributed by atoms with E-state index in [9.17, 15) is 0 Å². The first-order valence-corrected chi connectivity index (χ1v) is 6.95. The normalized spacial score (nSPS) is 10.4. The Hall–Kier alpha value is -2.68. The molecular formula is C18H17N3. The largest absolute Gasteiger partial charge is 0.324 e. The molecule has 3 aromatic rings. The highest BCUT2D eigenvalue weighted by Crippen LogP contribution is 2.23. The Morgan fingerprint density at radius 2 is 1.71 bits per heavy atom. The minimum Gasteiger partial charge on any atom is -0.324 e. The molecule has 0 fully saturated rings. The molecule has 0 aliphatic rings. The van der Waals surface area contributed by atoms with E-state index in [0.29, 0.717) is 5.95 Å². The molecule has 0 spiro atoms. The van der Waals surface area contributed by atoms with Gasteiger partial charge in [-0.2, -0.15) is 0 Å². The van der Waals surface area contributed by atoms with Crippen LogP contribution in [0.2, 0.25) is 0 Å². The molecule has 1 aromatic heterocycles. The zero-order valence-electron chi connectivity index (χ0n) is 12.2.